The zero-order valence-corrected chi connectivity index (χ0v) is 34.1. The van der Waals surface area contributed by atoms with E-state index in [-0.39, 0.29) is 0 Å². The predicted molar refractivity (Wildman–Crippen MR) is 239 cm³/mol. The zero-order chi connectivity index (χ0) is 40.2. The van der Waals surface area contributed by atoms with E-state index < -0.39 is 10.0 Å². The number of para-hydroxylation sites is 2. The van der Waals surface area contributed by atoms with Gasteiger partial charge in [0.2, 0.25) is 10.0 Å². The highest BCUT2D eigenvalue weighted by Crippen LogP contribution is 2.38. The molecule has 0 aliphatic carbocycles. The maximum atomic E-state index is 11.5. The number of benzene rings is 6. The van der Waals surface area contributed by atoms with E-state index in [4.69, 9.17) is 26.1 Å². The molecule has 7 aromatic rings. The first-order valence-electron chi connectivity index (χ1n) is 18.6. The number of nitrogens with zero attached hydrogens (tertiary/aromatic N) is 2. The molecule has 0 atom stereocenters. The van der Waals surface area contributed by atoms with Gasteiger partial charge in [-0.2, -0.15) is 0 Å². The van der Waals surface area contributed by atoms with E-state index in [0.29, 0.717) is 23.9 Å². The molecule has 0 spiro atoms. The van der Waals surface area contributed by atoms with Crippen molar-refractivity contribution in [3.05, 3.63) is 168 Å². The van der Waals surface area contributed by atoms with Crippen molar-refractivity contribution in [3.63, 3.8) is 0 Å². The number of rotatable bonds is 14. The number of sulfonamides is 1. The van der Waals surface area contributed by atoms with E-state index >= 15 is 0 Å². The highest BCUT2D eigenvalue weighted by molar-refractivity contribution is 7.92. The van der Waals surface area contributed by atoms with Gasteiger partial charge in [0.1, 0.15) is 18.1 Å². The third-order valence-electron chi connectivity index (χ3n) is 9.13. The van der Waals surface area contributed by atoms with Crippen LogP contribution in [-0.4, -0.2) is 64.8 Å². The fourth-order valence-electron chi connectivity index (χ4n) is 6.51. The van der Waals surface area contributed by atoms with Gasteiger partial charge in [-0.1, -0.05) is 109 Å². The van der Waals surface area contributed by atoms with Crippen molar-refractivity contribution in [2.75, 3.05) is 56.5 Å². The van der Waals surface area contributed by atoms with E-state index in [1.165, 1.54) is 27.8 Å². The average molecular weight is 799 g/mol. The first kappa shape index (κ1) is 40.8. The second-order valence-corrected chi connectivity index (χ2v) is 15.8. The summed E-state index contributed by atoms with van der Waals surface area (Å²) < 4.78 is 36.8. The summed E-state index contributed by atoms with van der Waals surface area (Å²) in [4.78, 5) is 6.84. The lowest BCUT2D eigenvalue weighted by Gasteiger charge is -2.17. The zero-order valence-electron chi connectivity index (χ0n) is 32.6. The smallest absolute Gasteiger partial charge is 0.229 e. The number of anilines is 3. The number of methoxy groups -OCH3 is 1. The number of ether oxygens (including phenoxy) is 2. The molecule has 1 aromatic heterocycles. The number of halogens is 1. The molecule has 0 aliphatic rings. The summed E-state index contributed by atoms with van der Waals surface area (Å²) in [6, 6.07) is 50.4. The maximum Gasteiger partial charge on any atom is 0.229 e. The summed E-state index contributed by atoms with van der Waals surface area (Å²) in [5, 5.41) is 5.43. The molecule has 0 aliphatic heterocycles. The minimum absolute atomic E-state index is 0.439. The van der Waals surface area contributed by atoms with Crippen LogP contribution in [0.2, 0.25) is 0 Å². The molecule has 1 heterocycles. The number of alkyl halides is 1. The number of allylic oxidation sites excluding steroid dienone is 1. The molecular weight excluding hydrogens is 752 g/mol. The molecular formula is C47H47ClN4O4S. The molecule has 8 nitrogen and oxygen atoms in total. The summed E-state index contributed by atoms with van der Waals surface area (Å²) in [6.07, 6.45) is 1.91. The number of fused-ring (bicyclic) bond motifs is 2. The third kappa shape index (κ3) is 10.9. The Morgan fingerprint density at radius 2 is 1.28 bits per heavy atom. The Bertz CT molecular complexity index is 2490. The summed E-state index contributed by atoms with van der Waals surface area (Å²) in [5.74, 6) is 1.99. The first-order valence-corrected chi connectivity index (χ1v) is 21.0. The minimum atomic E-state index is -3.37. The molecule has 292 valence electrons. The predicted octanol–water partition coefficient (Wildman–Crippen LogP) is 10.7. The van der Waals surface area contributed by atoms with Gasteiger partial charge in [0.25, 0.3) is 0 Å². The largest absolute Gasteiger partial charge is 0.494 e. The van der Waals surface area contributed by atoms with Crippen molar-refractivity contribution in [3.8, 4) is 11.5 Å². The van der Waals surface area contributed by atoms with Gasteiger partial charge < -0.3 is 19.7 Å². The third-order valence-corrected chi connectivity index (χ3v) is 9.93. The van der Waals surface area contributed by atoms with Gasteiger partial charge in [-0.05, 0) is 84.8 Å². The van der Waals surface area contributed by atoms with E-state index in [1.807, 2.05) is 74.8 Å². The van der Waals surface area contributed by atoms with Crippen LogP contribution in [0.4, 0.5) is 17.1 Å². The number of nitrogens with one attached hydrogen (secondary N) is 2. The maximum absolute atomic E-state index is 11.5. The lowest BCUT2D eigenvalue weighted by atomic mass is 9.88. The van der Waals surface area contributed by atoms with Crippen LogP contribution in [-0.2, 0) is 10.0 Å². The van der Waals surface area contributed by atoms with Gasteiger partial charge in [0.05, 0.1) is 41.5 Å². The molecule has 57 heavy (non-hydrogen) atoms. The fourth-order valence-corrected chi connectivity index (χ4v) is 7.26. The van der Waals surface area contributed by atoms with Gasteiger partial charge in [0.15, 0.2) is 0 Å². The van der Waals surface area contributed by atoms with Crippen molar-refractivity contribution < 1.29 is 17.9 Å². The molecule has 0 bridgehead atoms. The summed E-state index contributed by atoms with van der Waals surface area (Å²) in [6.45, 7) is 1.57. The van der Waals surface area contributed by atoms with Crippen LogP contribution >= 0.6 is 11.6 Å². The Labute approximate surface area is 340 Å². The van der Waals surface area contributed by atoms with Crippen molar-refractivity contribution in [1.82, 2.24) is 9.88 Å². The lowest BCUT2D eigenvalue weighted by Crippen LogP contribution is -2.19. The fraction of sp³-hybridized carbons (Fsp3) is 0.170. The molecule has 2 N–H and O–H groups in total. The van der Waals surface area contributed by atoms with E-state index in [0.717, 1.165) is 58.2 Å². The van der Waals surface area contributed by atoms with Gasteiger partial charge in [-0.3, -0.25) is 4.72 Å². The number of hydrogen-bond donors (Lipinski definition) is 2. The Hall–Kier alpha value is -5.87. The molecule has 0 fully saturated rings. The Morgan fingerprint density at radius 1 is 0.719 bits per heavy atom. The van der Waals surface area contributed by atoms with E-state index in [1.54, 1.807) is 25.3 Å². The average Bonchev–Trinajstić information content (AvgIpc) is 3.22. The molecule has 6 aromatic carbocycles. The van der Waals surface area contributed by atoms with Crippen LogP contribution in [0.15, 0.2) is 152 Å². The highest BCUT2D eigenvalue weighted by atomic mass is 35.5. The van der Waals surface area contributed by atoms with Crippen LogP contribution in [0.1, 0.15) is 23.1 Å². The van der Waals surface area contributed by atoms with Crippen LogP contribution in [0.25, 0.3) is 33.0 Å². The van der Waals surface area contributed by atoms with Gasteiger partial charge in [-0.25, -0.2) is 13.4 Å². The monoisotopic (exact) mass is 798 g/mol. The number of aromatic nitrogens is 1. The SMILES string of the molecule is CN(C)CCOc1ccc(/C(=C(/CCCl)c2ccccc2)c2ccccc2)cc1.COc1cc(NS(C)(=O)=O)ccc1Nc1c2ccccc2nc2ccccc12. The number of likely N-dealkylation sites (N-methyl/N-ethyl adjacent to an activating group) is 1. The molecule has 0 amide bonds. The van der Waals surface area contributed by atoms with Crippen molar-refractivity contribution in [2.24, 2.45) is 0 Å². The second kappa shape index (κ2) is 19.3. The summed E-state index contributed by atoms with van der Waals surface area (Å²) in [5.41, 5.74) is 9.90. The molecule has 0 saturated carbocycles. The first-order chi connectivity index (χ1) is 27.6. The summed E-state index contributed by atoms with van der Waals surface area (Å²) >= 11 is 6.21. The van der Waals surface area contributed by atoms with E-state index in [2.05, 4.69) is 87.7 Å². The Kier molecular flexibility index (Phi) is 13.8. The molecule has 10 heteroatoms. The van der Waals surface area contributed by atoms with Crippen molar-refractivity contribution >= 4 is 71.6 Å². The number of hydrogen-bond acceptors (Lipinski definition) is 7. The summed E-state index contributed by atoms with van der Waals surface area (Å²) in [7, 11) is 2.28. The Balaban J connectivity index is 0.000000193. The van der Waals surface area contributed by atoms with Crippen LogP contribution < -0.4 is 19.5 Å². The van der Waals surface area contributed by atoms with Crippen molar-refractivity contribution in [1.29, 1.82) is 0 Å². The number of pyridine rings is 1. The normalized spacial score (nSPS) is 11.8. The van der Waals surface area contributed by atoms with Crippen molar-refractivity contribution in [2.45, 2.75) is 6.42 Å². The van der Waals surface area contributed by atoms with Crippen LogP contribution in [0.3, 0.4) is 0 Å². The lowest BCUT2D eigenvalue weighted by molar-refractivity contribution is 0.261. The quantitative estimate of drug-likeness (QED) is 0.0643. The van der Waals surface area contributed by atoms with Crippen LogP contribution in [0.5, 0.6) is 11.5 Å². The molecule has 7 rings (SSSR count). The van der Waals surface area contributed by atoms with Gasteiger partial charge >= 0.3 is 0 Å². The minimum Gasteiger partial charge on any atom is -0.494 e. The molecule has 0 unspecified atom stereocenters. The van der Waals surface area contributed by atoms with Gasteiger partial charge in [-0.15, -0.1) is 11.6 Å². The van der Waals surface area contributed by atoms with Crippen LogP contribution in [0, 0.1) is 0 Å². The topological polar surface area (TPSA) is 92.8 Å². The van der Waals surface area contributed by atoms with Gasteiger partial charge in [0, 0.05) is 29.3 Å². The standard InChI is InChI=1S/C26H28ClNO.C21H19N3O3S/c1-28(2)19-20-29-24-15-13-23(14-16-24)26(22-11-7-4-8-12-22)25(17-18-27)21-9-5-3-6-10-21;1-27-20-13-14(24-28(2,25)26)11-12-19(20)23-21-15-7-3-5-9-17(15)22-18-10-6-4-8-16(18)21/h3-16H,17-20H2,1-2H3;3-13,24H,1-2H3,(H,22,23)/b26-25-;. The Morgan fingerprint density at radius 3 is 1.84 bits per heavy atom. The molecule has 0 saturated heterocycles. The highest BCUT2D eigenvalue weighted by Gasteiger charge is 2.15. The molecule has 0 radical (unpaired) electrons. The second-order valence-electron chi connectivity index (χ2n) is 13.6. The van der Waals surface area contributed by atoms with E-state index in [9.17, 15) is 8.42 Å².